The van der Waals surface area contributed by atoms with Gasteiger partial charge in [-0.05, 0) is 0 Å². The van der Waals surface area contributed by atoms with E-state index in [0.29, 0.717) is 6.67 Å². The van der Waals surface area contributed by atoms with E-state index in [1.807, 2.05) is 0 Å². The van der Waals surface area contributed by atoms with Gasteiger partial charge in [0, 0.05) is 0 Å². The predicted octanol–water partition coefficient (Wildman–Crippen LogP) is 1.28. The Morgan fingerprint density at radius 1 is 1.83 bits per heavy atom. The van der Waals surface area contributed by atoms with Gasteiger partial charge in [0.25, 0.3) is 0 Å². The fraction of sp³-hybridized carbons (Fsp3) is 0.250. The lowest BCUT2D eigenvalue weighted by molar-refractivity contribution is 0.252. The Bertz CT molecular complexity index is 36.5. The monoisotopic (exact) mass is 89.0 g/mol. The zero-order chi connectivity index (χ0) is 4.83. The van der Waals surface area contributed by atoms with Crippen LogP contribution in [-0.4, -0.2) is 6.61 Å². The van der Waals surface area contributed by atoms with Gasteiger partial charge in [0.05, 0.1) is 6.26 Å². The topological polar surface area (TPSA) is 9.23 Å². The van der Waals surface area contributed by atoms with Crippen molar-refractivity contribution in [2.75, 3.05) is 6.61 Å². The lowest BCUT2D eigenvalue weighted by Crippen LogP contribution is -1.79. The molecule has 0 aromatic carbocycles. The molecule has 0 amide bonds. The molecule has 6 heavy (non-hydrogen) atoms. The maximum absolute atomic E-state index is 10.9. The van der Waals surface area contributed by atoms with Gasteiger partial charge in [-0.15, -0.1) is 0 Å². The Balaban J connectivity index is 2.49. The Morgan fingerprint density at radius 3 is 2.67 bits per heavy atom. The van der Waals surface area contributed by atoms with E-state index in [9.17, 15) is 4.39 Å². The Morgan fingerprint density at radius 2 is 2.50 bits per heavy atom. The van der Waals surface area contributed by atoms with Crippen molar-refractivity contribution in [1.82, 2.24) is 0 Å². The van der Waals surface area contributed by atoms with E-state index in [2.05, 4.69) is 11.3 Å². The summed E-state index contributed by atoms with van der Waals surface area (Å²) < 4.78 is 15.2. The molecular weight excluding hydrogens is 83.0 g/mol. The molecule has 0 spiro atoms. The minimum absolute atomic E-state index is 0.00347. The molecule has 1 radical (unpaired) electrons. The summed E-state index contributed by atoms with van der Waals surface area (Å²) >= 11 is 0. The molecule has 0 fully saturated rings. The van der Waals surface area contributed by atoms with E-state index in [1.165, 1.54) is 6.26 Å². The Labute approximate surface area is 36.4 Å². The minimum atomic E-state index is 0.00347. The molecule has 0 bridgehead atoms. The number of rotatable bonds is 3. The highest BCUT2D eigenvalue weighted by Crippen LogP contribution is 1.78. The van der Waals surface area contributed by atoms with Crippen molar-refractivity contribution >= 4 is 0 Å². The van der Waals surface area contributed by atoms with Crippen LogP contribution in [-0.2, 0) is 4.74 Å². The summed E-state index contributed by atoms with van der Waals surface area (Å²) in [5.41, 5.74) is 0. The molecule has 0 aromatic rings. The van der Waals surface area contributed by atoms with Gasteiger partial charge in [0.1, 0.15) is 6.61 Å². The number of hydrogen-bond acceptors (Lipinski definition) is 1. The van der Waals surface area contributed by atoms with Crippen molar-refractivity contribution < 1.29 is 9.13 Å². The first kappa shape index (κ1) is 5.47. The summed E-state index contributed by atoms with van der Waals surface area (Å²) in [6, 6.07) is 0. The van der Waals surface area contributed by atoms with Crippen molar-refractivity contribution in [2.24, 2.45) is 0 Å². The van der Waals surface area contributed by atoms with Crippen LogP contribution in [0.1, 0.15) is 0 Å². The van der Waals surface area contributed by atoms with E-state index in [1.54, 1.807) is 0 Å². The summed E-state index contributed by atoms with van der Waals surface area (Å²) in [6.45, 7) is 3.61. The second-order valence-corrected chi connectivity index (χ2v) is 0.654. The van der Waals surface area contributed by atoms with Crippen LogP contribution >= 0.6 is 0 Å². The lowest BCUT2D eigenvalue weighted by Gasteiger charge is -1.87. The highest BCUT2D eigenvalue weighted by molar-refractivity contribution is 4.51. The summed E-state index contributed by atoms with van der Waals surface area (Å²) in [6.07, 6.45) is 1.19. The van der Waals surface area contributed by atoms with Crippen LogP contribution in [0.4, 0.5) is 4.39 Å². The predicted molar refractivity (Wildman–Crippen MR) is 21.6 cm³/mol. The second kappa shape index (κ2) is 4.47. The van der Waals surface area contributed by atoms with E-state index in [4.69, 9.17) is 0 Å². The molecule has 0 aliphatic rings. The van der Waals surface area contributed by atoms with Crippen LogP contribution in [0.2, 0.25) is 0 Å². The zero-order valence-electron chi connectivity index (χ0n) is 3.36. The molecule has 2 heteroatoms. The van der Waals surface area contributed by atoms with Crippen LogP contribution in [0, 0.1) is 6.67 Å². The maximum atomic E-state index is 10.9. The normalized spacial score (nSPS) is 7.50. The van der Waals surface area contributed by atoms with Gasteiger partial charge >= 0.3 is 0 Å². The fourth-order valence-corrected chi connectivity index (χ4v) is 0.104. The summed E-state index contributed by atoms with van der Waals surface area (Å²) in [5, 5.41) is 0. The van der Waals surface area contributed by atoms with Crippen molar-refractivity contribution in [2.45, 2.75) is 0 Å². The molecule has 0 saturated heterocycles. The standard InChI is InChI=1S/C4H6FO/c1-2-6-4-3-5/h2-3H,1,4H2. The van der Waals surface area contributed by atoms with Gasteiger partial charge in [-0.3, -0.25) is 0 Å². The van der Waals surface area contributed by atoms with Crippen molar-refractivity contribution in [3.05, 3.63) is 19.5 Å². The third-order valence-corrected chi connectivity index (χ3v) is 0.277. The van der Waals surface area contributed by atoms with Crippen molar-refractivity contribution in [3.63, 3.8) is 0 Å². The smallest absolute Gasteiger partial charge is 0.168 e. The highest BCUT2D eigenvalue weighted by atomic mass is 19.1. The first-order valence-electron chi connectivity index (χ1n) is 1.56. The summed E-state index contributed by atoms with van der Waals surface area (Å²) in [5.74, 6) is 0. The molecule has 1 nitrogen and oxygen atoms in total. The largest absolute Gasteiger partial charge is 0.499 e. The molecule has 0 aliphatic heterocycles. The van der Waals surface area contributed by atoms with Gasteiger partial charge in [0.2, 0.25) is 0 Å². The molecule has 0 saturated carbocycles. The van der Waals surface area contributed by atoms with E-state index >= 15 is 0 Å². The molecule has 0 heterocycles. The quantitative estimate of drug-likeness (QED) is 0.374. The van der Waals surface area contributed by atoms with Gasteiger partial charge in [0.15, 0.2) is 6.67 Å². The van der Waals surface area contributed by atoms with Crippen molar-refractivity contribution in [1.29, 1.82) is 0 Å². The van der Waals surface area contributed by atoms with Crippen molar-refractivity contribution in [3.8, 4) is 0 Å². The van der Waals surface area contributed by atoms with Gasteiger partial charge in [-0.25, -0.2) is 4.39 Å². The molecule has 0 aliphatic carbocycles. The van der Waals surface area contributed by atoms with Crippen LogP contribution in [0.25, 0.3) is 0 Å². The van der Waals surface area contributed by atoms with E-state index in [-0.39, 0.29) is 6.61 Å². The van der Waals surface area contributed by atoms with E-state index in [0.717, 1.165) is 0 Å². The highest BCUT2D eigenvalue weighted by Gasteiger charge is 1.73. The zero-order valence-corrected chi connectivity index (χ0v) is 3.36. The number of halogens is 1. The maximum Gasteiger partial charge on any atom is 0.168 e. The first-order valence-corrected chi connectivity index (χ1v) is 1.56. The average Bonchev–Trinajstić information content (AvgIpc) is 1.61. The number of hydrogen-bond donors (Lipinski definition) is 0. The van der Waals surface area contributed by atoms with Crippen LogP contribution in [0.3, 0.4) is 0 Å². The van der Waals surface area contributed by atoms with Crippen LogP contribution in [0.15, 0.2) is 12.8 Å². The minimum Gasteiger partial charge on any atom is -0.499 e. The third kappa shape index (κ3) is 3.47. The Kier molecular flexibility index (Phi) is 4.08. The molecule has 0 rings (SSSR count). The average molecular weight is 89.1 g/mol. The molecular formula is C4H6FO. The number of ether oxygens (including phenoxy) is 1. The van der Waals surface area contributed by atoms with E-state index < -0.39 is 0 Å². The molecule has 0 aromatic heterocycles. The summed E-state index contributed by atoms with van der Waals surface area (Å²) in [4.78, 5) is 0. The van der Waals surface area contributed by atoms with Crippen LogP contribution < -0.4 is 0 Å². The molecule has 0 unspecified atom stereocenters. The van der Waals surface area contributed by atoms with Gasteiger partial charge < -0.3 is 4.74 Å². The first-order chi connectivity index (χ1) is 2.91. The Hall–Kier alpha value is -0.530. The molecule has 0 N–H and O–H groups in total. The fourth-order valence-electron chi connectivity index (χ4n) is 0.104. The SMILES string of the molecule is C=COC[CH]F. The third-order valence-electron chi connectivity index (χ3n) is 0.277. The van der Waals surface area contributed by atoms with Crippen LogP contribution in [0.5, 0.6) is 0 Å². The summed E-state index contributed by atoms with van der Waals surface area (Å²) in [7, 11) is 0. The van der Waals surface area contributed by atoms with Gasteiger partial charge in [-0.1, -0.05) is 6.58 Å². The van der Waals surface area contributed by atoms with Gasteiger partial charge in [-0.2, -0.15) is 0 Å². The molecule has 0 atom stereocenters. The lowest BCUT2D eigenvalue weighted by atomic mass is 10.8. The second-order valence-electron chi connectivity index (χ2n) is 0.654. The molecule has 35 valence electrons.